The fraction of sp³-hybridized carbons (Fsp3) is 1.00. The van der Waals surface area contributed by atoms with Gasteiger partial charge < -0.3 is 5.32 Å². The van der Waals surface area contributed by atoms with Crippen molar-refractivity contribution in [1.82, 2.24) is 5.32 Å². The Balaban J connectivity index is 2.89. The Hall–Kier alpha value is -0.0900. The third kappa shape index (κ3) is 4.73. The molecule has 5 unspecified atom stereocenters. The molecule has 1 rings (SSSR count). The van der Waals surface area contributed by atoms with Gasteiger partial charge in [-0.1, -0.05) is 41.0 Å². The van der Waals surface area contributed by atoms with Crippen LogP contribution < -0.4 is 5.32 Å². The largest absolute Gasteiger partial charge is 0.313 e. The van der Waals surface area contributed by atoms with Gasteiger partial charge in [-0.2, -0.15) is 0 Å². The standard InChI is InChI=1S/C16H33NO2S/c1-6-8-17-15-10-13(4)9-14(5)16(15)20(18,19)11-12(3)7-2/h12-17H,6-11H2,1-5H3. The molecule has 0 heterocycles. The molecule has 0 saturated heterocycles. The van der Waals surface area contributed by atoms with Gasteiger partial charge in [0.1, 0.15) is 0 Å². The molecule has 1 N–H and O–H groups in total. The van der Waals surface area contributed by atoms with Crippen LogP contribution in [0.5, 0.6) is 0 Å². The van der Waals surface area contributed by atoms with E-state index in [9.17, 15) is 8.42 Å². The van der Waals surface area contributed by atoms with Crippen molar-refractivity contribution in [3.8, 4) is 0 Å². The first-order chi connectivity index (χ1) is 9.31. The Bertz CT molecular complexity index is 380. The average molecular weight is 304 g/mol. The van der Waals surface area contributed by atoms with Crippen LogP contribution in [-0.4, -0.2) is 32.0 Å². The minimum Gasteiger partial charge on any atom is -0.313 e. The van der Waals surface area contributed by atoms with Crippen molar-refractivity contribution < 1.29 is 8.42 Å². The normalized spacial score (nSPS) is 33.0. The fourth-order valence-electron chi connectivity index (χ4n) is 3.59. The maximum absolute atomic E-state index is 12.8. The average Bonchev–Trinajstić information content (AvgIpc) is 2.34. The lowest BCUT2D eigenvalue weighted by Crippen LogP contribution is -2.52. The summed E-state index contributed by atoms with van der Waals surface area (Å²) in [5.41, 5.74) is 0. The van der Waals surface area contributed by atoms with E-state index in [-0.39, 0.29) is 23.1 Å². The van der Waals surface area contributed by atoms with Crippen molar-refractivity contribution in [2.24, 2.45) is 17.8 Å². The van der Waals surface area contributed by atoms with Crippen LogP contribution >= 0.6 is 0 Å². The highest BCUT2D eigenvalue weighted by Crippen LogP contribution is 2.34. The highest BCUT2D eigenvalue weighted by atomic mass is 32.2. The maximum Gasteiger partial charge on any atom is 0.155 e. The summed E-state index contributed by atoms with van der Waals surface area (Å²) in [5, 5.41) is 3.31. The Morgan fingerprint density at radius 1 is 1.20 bits per heavy atom. The smallest absolute Gasteiger partial charge is 0.155 e. The van der Waals surface area contributed by atoms with Crippen molar-refractivity contribution in [3.63, 3.8) is 0 Å². The lowest BCUT2D eigenvalue weighted by molar-refractivity contribution is 0.241. The van der Waals surface area contributed by atoms with E-state index in [1.807, 2.05) is 6.92 Å². The third-order valence-electron chi connectivity index (χ3n) is 4.67. The molecular weight excluding hydrogens is 270 g/mol. The molecule has 0 spiro atoms. The SMILES string of the molecule is CCCNC1CC(C)CC(C)C1S(=O)(=O)CC(C)CC. The van der Waals surface area contributed by atoms with Crippen molar-refractivity contribution in [2.75, 3.05) is 12.3 Å². The van der Waals surface area contributed by atoms with Crippen LogP contribution in [0, 0.1) is 17.8 Å². The molecule has 1 aliphatic carbocycles. The van der Waals surface area contributed by atoms with E-state index in [1.54, 1.807) is 0 Å². The molecule has 20 heavy (non-hydrogen) atoms. The van der Waals surface area contributed by atoms with Gasteiger partial charge in [-0.25, -0.2) is 8.42 Å². The Morgan fingerprint density at radius 3 is 2.40 bits per heavy atom. The van der Waals surface area contributed by atoms with E-state index in [4.69, 9.17) is 0 Å². The molecule has 1 aliphatic rings. The molecule has 1 saturated carbocycles. The second kappa shape index (κ2) is 7.79. The number of hydrogen-bond acceptors (Lipinski definition) is 3. The van der Waals surface area contributed by atoms with Gasteiger partial charge in [0.05, 0.1) is 11.0 Å². The highest BCUT2D eigenvalue weighted by molar-refractivity contribution is 7.92. The van der Waals surface area contributed by atoms with Crippen molar-refractivity contribution in [2.45, 2.75) is 71.6 Å². The quantitative estimate of drug-likeness (QED) is 0.785. The van der Waals surface area contributed by atoms with Gasteiger partial charge in [-0.3, -0.25) is 0 Å². The van der Waals surface area contributed by atoms with Crippen LogP contribution in [0.3, 0.4) is 0 Å². The van der Waals surface area contributed by atoms with E-state index in [1.165, 1.54) is 0 Å². The van der Waals surface area contributed by atoms with Gasteiger partial charge in [0.25, 0.3) is 0 Å². The summed E-state index contributed by atoms with van der Waals surface area (Å²) in [5.74, 6) is 1.49. The first-order valence-electron chi connectivity index (χ1n) is 8.26. The Kier molecular flexibility index (Phi) is 6.99. The maximum atomic E-state index is 12.8. The zero-order valence-corrected chi connectivity index (χ0v) is 14.7. The lowest BCUT2D eigenvalue weighted by atomic mass is 9.80. The molecule has 0 amide bonds. The highest BCUT2D eigenvalue weighted by Gasteiger charge is 2.42. The van der Waals surface area contributed by atoms with Crippen molar-refractivity contribution in [3.05, 3.63) is 0 Å². The molecule has 0 radical (unpaired) electrons. The van der Waals surface area contributed by atoms with Crippen molar-refractivity contribution in [1.29, 1.82) is 0 Å². The van der Waals surface area contributed by atoms with Gasteiger partial charge in [0.15, 0.2) is 9.84 Å². The zero-order valence-electron chi connectivity index (χ0n) is 13.9. The van der Waals surface area contributed by atoms with Gasteiger partial charge >= 0.3 is 0 Å². The number of nitrogens with one attached hydrogen (secondary N) is 1. The van der Waals surface area contributed by atoms with Crippen LogP contribution in [0.25, 0.3) is 0 Å². The van der Waals surface area contributed by atoms with Crippen LogP contribution in [-0.2, 0) is 9.84 Å². The van der Waals surface area contributed by atoms with Gasteiger partial charge in [0, 0.05) is 6.04 Å². The summed E-state index contributed by atoms with van der Waals surface area (Å²) < 4.78 is 25.6. The van der Waals surface area contributed by atoms with Crippen LogP contribution in [0.15, 0.2) is 0 Å². The van der Waals surface area contributed by atoms with E-state index in [0.29, 0.717) is 11.7 Å². The Morgan fingerprint density at radius 2 is 1.85 bits per heavy atom. The molecule has 0 aliphatic heterocycles. The molecule has 120 valence electrons. The molecule has 5 atom stereocenters. The zero-order chi connectivity index (χ0) is 15.3. The molecular formula is C16H33NO2S. The molecule has 4 heteroatoms. The van der Waals surface area contributed by atoms with Gasteiger partial charge in [0.2, 0.25) is 0 Å². The molecule has 0 aromatic carbocycles. The van der Waals surface area contributed by atoms with E-state index in [2.05, 4.69) is 33.0 Å². The lowest BCUT2D eigenvalue weighted by Gasteiger charge is -2.40. The predicted molar refractivity (Wildman–Crippen MR) is 86.7 cm³/mol. The minimum absolute atomic E-state index is 0.141. The fourth-order valence-corrected chi connectivity index (χ4v) is 6.37. The summed E-state index contributed by atoms with van der Waals surface area (Å²) in [4.78, 5) is 0. The van der Waals surface area contributed by atoms with Gasteiger partial charge in [-0.15, -0.1) is 0 Å². The summed E-state index contributed by atoms with van der Waals surface area (Å²) >= 11 is 0. The Labute approximate surface area is 125 Å². The molecule has 0 bridgehead atoms. The number of rotatable bonds is 7. The number of hydrogen-bond donors (Lipinski definition) is 1. The molecule has 1 fully saturated rings. The third-order valence-corrected chi connectivity index (χ3v) is 7.33. The van der Waals surface area contributed by atoms with Crippen molar-refractivity contribution >= 4 is 9.84 Å². The topological polar surface area (TPSA) is 46.2 Å². The summed E-state index contributed by atoms with van der Waals surface area (Å²) in [6.07, 6.45) is 4.02. The summed E-state index contributed by atoms with van der Waals surface area (Å²) in [7, 11) is -3.01. The van der Waals surface area contributed by atoms with Crippen LogP contribution in [0.4, 0.5) is 0 Å². The monoisotopic (exact) mass is 303 g/mol. The predicted octanol–water partition coefficient (Wildman–Crippen LogP) is 3.25. The van der Waals surface area contributed by atoms with Crippen LogP contribution in [0.2, 0.25) is 0 Å². The first kappa shape index (κ1) is 18.0. The second-order valence-electron chi connectivity index (χ2n) is 6.92. The molecule has 0 aromatic heterocycles. The van der Waals surface area contributed by atoms with E-state index in [0.717, 1.165) is 32.2 Å². The second-order valence-corrected chi connectivity index (χ2v) is 9.13. The summed E-state index contributed by atoms with van der Waals surface area (Å²) in [6.45, 7) is 11.5. The van der Waals surface area contributed by atoms with E-state index < -0.39 is 9.84 Å². The number of sulfone groups is 1. The molecule has 3 nitrogen and oxygen atoms in total. The van der Waals surface area contributed by atoms with Gasteiger partial charge in [-0.05, 0) is 43.6 Å². The summed E-state index contributed by atoms with van der Waals surface area (Å²) in [6, 6.07) is 0.141. The molecule has 0 aromatic rings. The minimum atomic E-state index is -3.01. The van der Waals surface area contributed by atoms with E-state index >= 15 is 0 Å². The van der Waals surface area contributed by atoms with Crippen LogP contribution in [0.1, 0.15) is 60.3 Å². The first-order valence-corrected chi connectivity index (χ1v) is 9.98.